The van der Waals surface area contributed by atoms with Crippen molar-refractivity contribution in [2.75, 3.05) is 5.73 Å². The maximum atomic E-state index is 6.56. The summed E-state index contributed by atoms with van der Waals surface area (Å²) in [5.74, 6) is 0. The number of benzene rings is 1. The van der Waals surface area contributed by atoms with Gasteiger partial charge < -0.3 is 5.73 Å². The van der Waals surface area contributed by atoms with Gasteiger partial charge in [-0.3, -0.25) is 0 Å². The molecule has 0 aliphatic heterocycles. The van der Waals surface area contributed by atoms with Crippen LogP contribution in [-0.4, -0.2) is 0 Å². The molecule has 3 nitrogen and oxygen atoms in total. The first-order valence-electron chi connectivity index (χ1n) is 2.72. The van der Waals surface area contributed by atoms with E-state index in [2.05, 4.69) is 4.52 Å². The van der Waals surface area contributed by atoms with E-state index < -0.39 is 0 Å². The summed E-state index contributed by atoms with van der Waals surface area (Å²) in [5, 5.41) is 0. The molecule has 0 unspecified atom stereocenters. The highest BCUT2D eigenvalue weighted by Crippen LogP contribution is 2.19. The van der Waals surface area contributed by atoms with E-state index in [-0.39, 0.29) is 0 Å². The van der Waals surface area contributed by atoms with Gasteiger partial charge in [0.2, 0.25) is 0 Å². The fourth-order valence-corrected chi connectivity index (χ4v) is 1.06. The van der Waals surface area contributed by atoms with Crippen molar-refractivity contribution >= 4 is 17.6 Å². The van der Waals surface area contributed by atoms with Crippen molar-refractivity contribution < 1.29 is 0 Å². The van der Waals surface area contributed by atoms with Crippen LogP contribution in [0.2, 0.25) is 0 Å². The summed E-state index contributed by atoms with van der Waals surface area (Å²) in [4.78, 5) is 0.898. The second kappa shape index (κ2) is 3.22. The largest absolute Gasteiger partial charge is 0.399 e. The Balaban J connectivity index is 2.84. The monoisotopic (exact) mass is 153 g/mol. The van der Waals surface area contributed by atoms with Crippen LogP contribution in [0, 0.1) is 5.53 Å². The zero-order valence-corrected chi connectivity index (χ0v) is 6.06. The van der Waals surface area contributed by atoms with Crippen LogP contribution in [0.3, 0.4) is 0 Å². The number of anilines is 1. The van der Waals surface area contributed by atoms with Gasteiger partial charge in [-0.15, -0.1) is 4.52 Å². The van der Waals surface area contributed by atoms with Gasteiger partial charge in [0.05, 0.1) is 0 Å². The lowest BCUT2D eigenvalue weighted by Gasteiger charge is -1.93. The smallest absolute Gasteiger partial charge is 0.0343 e. The first kappa shape index (κ1) is 7.08. The molecule has 0 spiro atoms. The number of nitrogens with one attached hydrogen (secondary N) is 1. The summed E-state index contributed by atoms with van der Waals surface area (Å²) in [6, 6.07) is 7.28. The molecule has 0 amide bonds. The first-order chi connectivity index (χ1) is 4.83. The van der Waals surface area contributed by atoms with Crippen LogP contribution in [0.25, 0.3) is 0 Å². The fraction of sp³-hybridized carbons (Fsp3) is 0. The molecule has 0 bridgehead atoms. The molecule has 0 aliphatic carbocycles. The number of hydrogen-bond donors (Lipinski definition) is 2. The normalized spacial score (nSPS) is 9.20. The third-order valence-electron chi connectivity index (χ3n) is 1.01. The first-order valence-corrected chi connectivity index (χ1v) is 3.49. The molecule has 10 heavy (non-hydrogen) atoms. The predicted octanol–water partition coefficient (Wildman–Crippen LogP) is 2.31. The van der Waals surface area contributed by atoms with E-state index in [1.54, 1.807) is 12.1 Å². The molecule has 1 aromatic carbocycles. The predicted molar refractivity (Wildman–Crippen MR) is 41.9 cm³/mol. The van der Waals surface area contributed by atoms with Crippen molar-refractivity contribution in [2.45, 2.75) is 4.90 Å². The Labute approximate surface area is 63.3 Å². The quantitative estimate of drug-likeness (QED) is 0.389. The molecule has 0 aromatic heterocycles. The average molecular weight is 153 g/mol. The molecular formula is C6H7N3S. The van der Waals surface area contributed by atoms with Gasteiger partial charge in [-0.05, 0) is 18.2 Å². The Kier molecular flexibility index (Phi) is 2.28. The van der Waals surface area contributed by atoms with Crippen molar-refractivity contribution in [1.82, 2.24) is 0 Å². The van der Waals surface area contributed by atoms with Gasteiger partial charge in [0.25, 0.3) is 0 Å². The number of rotatable bonds is 2. The molecule has 4 heteroatoms. The summed E-state index contributed by atoms with van der Waals surface area (Å²) in [6.07, 6.45) is 0. The third-order valence-corrected chi connectivity index (χ3v) is 1.57. The van der Waals surface area contributed by atoms with Gasteiger partial charge in [0.1, 0.15) is 0 Å². The van der Waals surface area contributed by atoms with Crippen LogP contribution in [0.15, 0.2) is 33.7 Å². The number of nitrogens with zero attached hydrogens (tertiary/aromatic N) is 1. The average Bonchev–Trinajstić information content (AvgIpc) is 1.88. The lowest BCUT2D eigenvalue weighted by Crippen LogP contribution is -1.82. The van der Waals surface area contributed by atoms with Crippen LogP contribution in [-0.2, 0) is 0 Å². The number of nitrogens with two attached hydrogens (primary N) is 1. The van der Waals surface area contributed by atoms with Crippen molar-refractivity contribution in [3.05, 3.63) is 24.3 Å². The topological polar surface area (TPSA) is 62.2 Å². The highest BCUT2D eigenvalue weighted by atomic mass is 32.2. The molecule has 1 rings (SSSR count). The Hall–Kier alpha value is -1.03. The summed E-state index contributed by atoms with van der Waals surface area (Å²) in [6.45, 7) is 0. The van der Waals surface area contributed by atoms with Crippen molar-refractivity contribution in [3.8, 4) is 0 Å². The summed E-state index contributed by atoms with van der Waals surface area (Å²) < 4.78 is 3.16. The molecule has 0 atom stereocenters. The maximum absolute atomic E-state index is 6.56. The highest BCUT2D eigenvalue weighted by Gasteiger charge is 1.90. The second-order valence-corrected chi connectivity index (χ2v) is 2.59. The molecule has 0 fully saturated rings. The molecule has 0 radical (unpaired) electrons. The minimum absolute atomic E-state index is 0.702. The maximum Gasteiger partial charge on any atom is 0.0343 e. The highest BCUT2D eigenvalue weighted by molar-refractivity contribution is 7.97. The van der Waals surface area contributed by atoms with Crippen LogP contribution in [0.4, 0.5) is 5.69 Å². The van der Waals surface area contributed by atoms with E-state index in [4.69, 9.17) is 11.3 Å². The molecule has 0 aliphatic rings. The van der Waals surface area contributed by atoms with Crippen LogP contribution in [0.1, 0.15) is 0 Å². The van der Waals surface area contributed by atoms with Gasteiger partial charge in [-0.2, -0.15) is 5.53 Å². The summed E-state index contributed by atoms with van der Waals surface area (Å²) >= 11 is 1.10. The van der Waals surface area contributed by atoms with Gasteiger partial charge >= 0.3 is 0 Å². The van der Waals surface area contributed by atoms with Crippen molar-refractivity contribution in [2.24, 2.45) is 4.52 Å². The number of hydrogen-bond acceptors (Lipinski definition) is 4. The van der Waals surface area contributed by atoms with Crippen LogP contribution >= 0.6 is 11.9 Å². The summed E-state index contributed by atoms with van der Waals surface area (Å²) in [5.41, 5.74) is 12.7. The van der Waals surface area contributed by atoms with Gasteiger partial charge in [-0.1, -0.05) is 6.07 Å². The lowest BCUT2D eigenvalue weighted by molar-refractivity contribution is 1.24. The zero-order valence-electron chi connectivity index (χ0n) is 5.24. The SMILES string of the molecule is N=NSc1cccc(N)c1. The van der Waals surface area contributed by atoms with E-state index in [1.165, 1.54) is 0 Å². The van der Waals surface area contributed by atoms with Crippen molar-refractivity contribution in [1.29, 1.82) is 5.53 Å². The Morgan fingerprint density at radius 3 is 2.90 bits per heavy atom. The summed E-state index contributed by atoms with van der Waals surface area (Å²) in [7, 11) is 0. The van der Waals surface area contributed by atoms with Crippen molar-refractivity contribution in [3.63, 3.8) is 0 Å². The van der Waals surface area contributed by atoms with E-state index in [9.17, 15) is 0 Å². The Morgan fingerprint density at radius 1 is 1.50 bits per heavy atom. The third kappa shape index (κ3) is 1.73. The molecule has 0 saturated carbocycles. The van der Waals surface area contributed by atoms with E-state index in [0.717, 1.165) is 16.8 Å². The molecular weight excluding hydrogens is 146 g/mol. The zero-order chi connectivity index (χ0) is 7.40. The molecule has 3 N–H and O–H groups in total. The minimum atomic E-state index is 0.702. The van der Waals surface area contributed by atoms with Crippen LogP contribution < -0.4 is 5.73 Å². The lowest BCUT2D eigenvalue weighted by atomic mass is 10.3. The molecule has 0 heterocycles. The molecule has 52 valence electrons. The second-order valence-electron chi connectivity index (χ2n) is 1.76. The fourth-order valence-electron chi connectivity index (χ4n) is 0.624. The van der Waals surface area contributed by atoms with Gasteiger partial charge in [0, 0.05) is 22.5 Å². The molecule has 1 aromatic rings. The Morgan fingerprint density at radius 2 is 2.30 bits per heavy atom. The van der Waals surface area contributed by atoms with E-state index >= 15 is 0 Å². The standard InChI is InChI=1S/C6H7N3S/c7-5-2-1-3-6(4-5)10-9-8/h1-4,8H,7H2. The van der Waals surface area contributed by atoms with E-state index in [0.29, 0.717) is 5.69 Å². The van der Waals surface area contributed by atoms with E-state index in [1.807, 2.05) is 12.1 Å². The van der Waals surface area contributed by atoms with Crippen LogP contribution in [0.5, 0.6) is 0 Å². The minimum Gasteiger partial charge on any atom is -0.399 e. The number of nitrogen functional groups attached to an aromatic ring is 1. The molecule has 0 saturated heterocycles. The van der Waals surface area contributed by atoms with Gasteiger partial charge in [-0.25, -0.2) is 0 Å². The Bertz CT molecular complexity index is 236. The van der Waals surface area contributed by atoms with Gasteiger partial charge in [0.15, 0.2) is 0 Å².